The van der Waals surface area contributed by atoms with Crippen LogP contribution in [0, 0.1) is 10.1 Å². The number of hydrogen-bond donors (Lipinski definition) is 1. The molecule has 0 unspecified atom stereocenters. The topological polar surface area (TPSA) is 80.4 Å². The number of allylic oxidation sites excluding steroid dienone is 10. The number of aliphatic carboxylic acids is 1. The highest BCUT2D eigenvalue weighted by atomic mass is 16.6. The summed E-state index contributed by atoms with van der Waals surface area (Å²) in [5.74, 6) is -0.757. The Morgan fingerprint density at radius 2 is 1.15 bits per heavy atom. The smallest absolute Gasteiger partial charge is 0.303 e. The Bertz CT molecular complexity index is 530. The van der Waals surface area contributed by atoms with Gasteiger partial charge in [0.25, 0.3) is 0 Å². The monoisotopic (exact) mass is 375 g/mol. The van der Waals surface area contributed by atoms with E-state index in [1.54, 1.807) is 0 Å². The number of nitrogens with zero attached hydrogens (tertiary/aromatic N) is 1. The summed E-state index contributed by atoms with van der Waals surface area (Å²) in [5, 5.41) is 18.7. The number of nitro groups is 1. The second kappa shape index (κ2) is 19.9. The molecule has 0 saturated carbocycles. The van der Waals surface area contributed by atoms with Gasteiger partial charge in [-0.2, -0.15) is 0 Å². The van der Waals surface area contributed by atoms with E-state index >= 15 is 0 Å². The van der Waals surface area contributed by atoms with Crippen LogP contribution in [-0.4, -0.2) is 22.5 Å². The predicted octanol–water partition coefficient (Wildman–Crippen LogP) is 6.03. The van der Waals surface area contributed by atoms with Gasteiger partial charge < -0.3 is 5.11 Å². The van der Waals surface area contributed by atoms with E-state index in [2.05, 4.69) is 48.6 Å². The Balaban J connectivity index is 3.47. The van der Waals surface area contributed by atoms with Crippen LogP contribution in [-0.2, 0) is 4.79 Å². The van der Waals surface area contributed by atoms with Gasteiger partial charge in [-0.15, -0.1) is 0 Å². The minimum absolute atomic E-state index is 0.0847. The summed E-state index contributed by atoms with van der Waals surface area (Å²) in [6.45, 7) is 0.0847. The Morgan fingerprint density at radius 1 is 0.704 bits per heavy atom. The van der Waals surface area contributed by atoms with Gasteiger partial charge in [0, 0.05) is 17.8 Å². The van der Waals surface area contributed by atoms with Crippen molar-refractivity contribution >= 4 is 5.97 Å². The van der Waals surface area contributed by atoms with Gasteiger partial charge in [0.2, 0.25) is 6.54 Å². The quantitative estimate of drug-likeness (QED) is 0.146. The zero-order chi connectivity index (χ0) is 20.0. The molecule has 0 radical (unpaired) electrons. The molecule has 0 saturated heterocycles. The van der Waals surface area contributed by atoms with Crippen LogP contribution in [0.4, 0.5) is 0 Å². The molecule has 150 valence electrons. The van der Waals surface area contributed by atoms with Crippen LogP contribution < -0.4 is 0 Å². The highest BCUT2D eigenvalue weighted by Gasteiger charge is 1.94. The highest BCUT2D eigenvalue weighted by Crippen LogP contribution is 2.02. The Labute approximate surface area is 163 Å². The molecular weight excluding hydrogens is 342 g/mol. The number of carboxylic acids is 1. The number of hydrogen-bond acceptors (Lipinski definition) is 3. The van der Waals surface area contributed by atoms with Gasteiger partial charge in [-0.1, -0.05) is 60.8 Å². The molecular formula is C22H33NO4. The SMILES string of the molecule is O=C(O)CCC=CCC=CCC=CCC=CCC=CCCCCC[N+](=O)[O-]. The average Bonchev–Trinajstić information content (AvgIpc) is 2.62. The number of rotatable bonds is 17. The summed E-state index contributed by atoms with van der Waals surface area (Å²) < 4.78 is 0. The molecule has 0 rings (SSSR count). The van der Waals surface area contributed by atoms with Crippen molar-refractivity contribution in [2.45, 2.75) is 64.2 Å². The minimum Gasteiger partial charge on any atom is -0.481 e. The predicted molar refractivity (Wildman–Crippen MR) is 111 cm³/mol. The van der Waals surface area contributed by atoms with Crippen LogP contribution >= 0.6 is 0 Å². The van der Waals surface area contributed by atoms with Gasteiger partial charge in [0.05, 0.1) is 0 Å². The molecule has 5 heteroatoms. The Hall–Kier alpha value is -2.43. The Morgan fingerprint density at radius 3 is 1.59 bits per heavy atom. The lowest BCUT2D eigenvalue weighted by Gasteiger charge is -1.93. The number of unbranched alkanes of at least 4 members (excludes halogenated alkanes) is 3. The van der Waals surface area contributed by atoms with Gasteiger partial charge in [-0.3, -0.25) is 14.9 Å². The standard InChI is InChI=1S/C22H33NO4/c24-22(25)20-18-16-14-12-10-8-6-4-2-1-3-5-7-9-11-13-15-17-19-21-23(26)27/h2-5,8-11,14,16H,1,6-7,12-13,15,17-21H2,(H,24,25). The minimum atomic E-state index is -0.757. The molecule has 0 amide bonds. The second-order valence-electron chi connectivity index (χ2n) is 6.14. The molecule has 0 spiro atoms. The number of carbonyl (C=O) groups is 1. The van der Waals surface area contributed by atoms with Gasteiger partial charge in [0.15, 0.2) is 0 Å². The van der Waals surface area contributed by atoms with Crippen molar-refractivity contribution in [3.63, 3.8) is 0 Å². The van der Waals surface area contributed by atoms with Crippen LogP contribution in [0.25, 0.3) is 0 Å². The first-order valence-electron chi connectivity index (χ1n) is 9.71. The fraction of sp³-hybridized carbons (Fsp3) is 0.500. The van der Waals surface area contributed by atoms with Crippen LogP contribution in [0.1, 0.15) is 64.2 Å². The van der Waals surface area contributed by atoms with Crippen molar-refractivity contribution < 1.29 is 14.8 Å². The van der Waals surface area contributed by atoms with E-state index in [0.29, 0.717) is 12.8 Å². The number of carboxylic acid groups (broad SMARTS) is 1. The molecule has 0 aromatic rings. The normalized spacial score (nSPS) is 12.4. The zero-order valence-corrected chi connectivity index (χ0v) is 16.2. The molecule has 0 aliphatic rings. The summed E-state index contributed by atoms with van der Waals surface area (Å²) in [6.07, 6.45) is 28.9. The van der Waals surface area contributed by atoms with E-state index in [4.69, 9.17) is 5.11 Å². The van der Waals surface area contributed by atoms with Crippen molar-refractivity contribution in [1.29, 1.82) is 0 Å². The summed E-state index contributed by atoms with van der Waals surface area (Å²) in [5.41, 5.74) is 0. The van der Waals surface area contributed by atoms with E-state index in [1.807, 2.05) is 12.2 Å². The Kier molecular flexibility index (Phi) is 18.1. The first-order chi connectivity index (χ1) is 13.1. The molecule has 0 aliphatic carbocycles. The summed E-state index contributed by atoms with van der Waals surface area (Å²) >= 11 is 0. The van der Waals surface area contributed by atoms with Crippen molar-refractivity contribution in [3.8, 4) is 0 Å². The third-order valence-electron chi connectivity index (χ3n) is 3.66. The maximum atomic E-state index is 10.3. The fourth-order valence-corrected chi connectivity index (χ4v) is 2.21. The van der Waals surface area contributed by atoms with Crippen LogP contribution in [0.5, 0.6) is 0 Å². The second-order valence-corrected chi connectivity index (χ2v) is 6.14. The van der Waals surface area contributed by atoms with Gasteiger partial charge in [0.1, 0.15) is 0 Å². The third-order valence-corrected chi connectivity index (χ3v) is 3.66. The van der Waals surface area contributed by atoms with Crippen molar-refractivity contribution in [2.24, 2.45) is 0 Å². The molecule has 0 heterocycles. The summed E-state index contributed by atoms with van der Waals surface area (Å²) in [6, 6.07) is 0. The highest BCUT2D eigenvalue weighted by molar-refractivity contribution is 5.66. The van der Waals surface area contributed by atoms with Crippen LogP contribution in [0.2, 0.25) is 0 Å². The van der Waals surface area contributed by atoms with Crippen molar-refractivity contribution in [1.82, 2.24) is 0 Å². The maximum Gasteiger partial charge on any atom is 0.303 e. The van der Waals surface area contributed by atoms with E-state index in [9.17, 15) is 14.9 Å². The summed E-state index contributed by atoms with van der Waals surface area (Å²) in [4.78, 5) is 20.2. The largest absolute Gasteiger partial charge is 0.481 e. The van der Waals surface area contributed by atoms with Gasteiger partial charge in [-0.25, -0.2) is 0 Å². The first kappa shape index (κ1) is 24.6. The zero-order valence-electron chi connectivity index (χ0n) is 16.2. The van der Waals surface area contributed by atoms with E-state index in [0.717, 1.165) is 44.9 Å². The lowest BCUT2D eigenvalue weighted by Crippen LogP contribution is -1.99. The molecule has 0 aromatic carbocycles. The van der Waals surface area contributed by atoms with Crippen LogP contribution in [0.15, 0.2) is 60.8 Å². The molecule has 1 N–H and O–H groups in total. The molecule has 27 heavy (non-hydrogen) atoms. The lowest BCUT2D eigenvalue weighted by atomic mass is 10.2. The maximum absolute atomic E-state index is 10.3. The van der Waals surface area contributed by atoms with E-state index < -0.39 is 5.97 Å². The molecule has 5 nitrogen and oxygen atoms in total. The van der Waals surface area contributed by atoms with Crippen LogP contribution in [0.3, 0.4) is 0 Å². The molecule has 0 fully saturated rings. The molecule has 0 aromatic heterocycles. The third kappa shape index (κ3) is 23.6. The van der Waals surface area contributed by atoms with Crippen molar-refractivity contribution in [3.05, 3.63) is 70.9 Å². The fourth-order valence-electron chi connectivity index (χ4n) is 2.21. The van der Waals surface area contributed by atoms with E-state index in [-0.39, 0.29) is 17.9 Å². The average molecular weight is 376 g/mol. The molecule has 0 bridgehead atoms. The van der Waals surface area contributed by atoms with Gasteiger partial charge in [-0.05, 0) is 51.4 Å². The molecule has 0 atom stereocenters. The van der Waals surface area contributed by atoms with Gasteiger partial charge >= 0.3 is 5.97 Å². The lowest BCUT2D eigenvalue weighted by molar-refractivity contribution is -0.480. The summed E-state index contributed by atoms with van der Waals surface area (Å²) in [7, 11) is 0. The molecule has 0 aliphatic heterocycles. The first-order valence-corrected chi connectivity index (χ1v) is 9.71. The van der Waals surface area contributed by atoms with Crippen molar-refractivity contribution in [2.75, 3.05) is 6.54 Å². The van der Waals surface area contributed by atoms with E-state index in [1.165, 1.54) is 0 Å².